The fourth-order valence-corrected chi connectivity index (χ4v) is 1.85. The Kier molecular flexibility index (Phi) is 6.02. The van der Waals surface area contributed by atoms with Crippen molar-refractivity contribution >= 4 is 0 Å². The quantitative estimate of drug-likeness (QED) is 0.713. The molecule has 0 aliphatic rings. The molecule has 0 saturated heterocycles. The fourth-order valence-electron chi connectivity index (χ4n) is 1.85. The molecule has 114 valence electrons. The van der Waals surface area contributed by atoms with Gasteiger partial charge in [0.25, 0.3) is 0 Å². The highest BCUT2D eigenvalue weighted by Gasteiger charge is 2.03. The number of hydrogen-bond acceptors (Lipinski definition) is 6. The molecule has 1 heterocycles. The first-order valence-corrected chi connectivity index (χ1v) is 7.14. The van der Waals surface area contributed by atoms with Gasteiger partial charge in [-0.2, -0.15) is 4.98 Å². The molecule has 0 atom stereocenters. The lowest BCUT2D eigenvalue weighted by Crippen LogP contribution is -2.23. The van der Waals surface area contributed by atoms with Gasteiger partial charge in [-0.15, -0.1) is 0 Å². The average molecular weight is 291 g/mol. The van der Waals surface area contributed by atoms with E-state index in [0.717, 1.165) is 36.8 Å². The minimum Gasteiger partial charge on any atom is -0.490 e. The van der Waals surface area contributed by atoms with Gasteiger partial charge in [0, 0.05) is 26.4 Å². The number of benzene rings is 1. The van der Waals surface area contributed by atoms with Crippen molar-refractivity contribution in [1.29, 1.82) is 0 Å². The molecule has 2 rings (SSSR count). The summed E-state index contributed by atoms with van der Waals surface area (Å²) in [6.07, 6.45) is 0.743. The fraction of sp³-hybridized carbons (Fsp3) is 0.467. The van der Waals surface area contributed by atoms with Gasteiger partial charge in [0.05, 0.1) is 6.61 Å². The van der Waals surface area contributed by atoms with Crippen LogP contribution in [0.5, 0.6) is 11.5 Å². The monoisotopic (exact) mass is 291 g/mol. The van der Waals surface area contributed by atoms with E-state index in [0.29, 0.717) is 19.1 Å². The van der Waals surface area contributed by atoms with E-state index in [4.69, 9.17) is 14.0 Å². The summed E-state index contributed by atoms with van der Waals surface area (Å²) in [5, 5.41) is 7.12. The standard InChI is InChI=1S/C15H21N3O3/c1-3-19-13-6-4-5-7-14(13)20-11-10-16-9-8-15-17-12(2)21-18-15/h4-7,16H,3,8-11H2,1-2H3. The van der Waals surface area contributed by atoms with Crippen molar-refractivity contribution in [2.75, 3.05) is 26.3 Å². The summed E-state index contributed by atoms with van der Waals surface area (Å²) in [6.45, 7) is 6.48. The summed E-state index contributed by atoms with van der Waals surface area (Å²) in [5.41, 5.74) is 0. The molecule has 6 nitrogen and oxygen atoms in total. The molecule has 0 radical (unpaired) electrons. The van der Waals surface area contributed by atoms with Gasteiger partial charge in [0.1, 0.15) is 6.61 Å². The molecule has 0 spiro atoms. The molecule has 0 saturated carbocycles. The van der Waals surface area contributed by atoms with Crippen LogP contribution < -0.4 is 14.8 Å². The maximum atomic E-state index is 5.71. The third-order valence-corrected chi connectivity index (χ3v) is 2.78. The number of ether oxygens (including phenoxy) is 2. The molecular formula is C15H21N3O3. The van der Waals surface area contributed by atoms with Crippen LogP contribution in [-0.2, 0) is 6.42 Å². The highest BCUT2D eigenvalue weighted by molar-refractivity contribution is 5.39. The number of hydrogen-bond donors (Lipinski definition) is 1. The zero-order valence-electron chi connectivity index (χ0n) is 12.5. The lowest BCUT2D eigenvalue weighted by Gasteiger charge is -2.11. The number of aryl methyl sites for hydroxylation is 1. The first kappa shape index (κ1) is 15.3. The van der Waals surface area contributed by atoms with Gasteiger partial charge in [-0.05, 0) is 19.1 Å². The molecule has 0 bridgehead atoms. The molecule has 6 heteroatoms. The molecule has 1 aromatic heterocycles. The highest BCUT2D eigenvalue weighted by Crippen LogP contribution is 2.25. The molecule has 1 aromatic carbocycles. The number of para-hydroxylation sites is 2. The van der Waals surface area contributed by atoms with Crippen LogP contribution in [0, 0.1) is 6.92 Å². The predicted octanol–water partition coefficient (Wildman–Crippen LogP) is 1.99. The number of nitrogens with zero attached hydrogens (tertiary/aromatic N) is 2. The van der Waals surface area contributed by atoms with E-state index in [1.165, 1.54) is 0 Å². The number of aromatic nitrogens is 2. The van der Waals surface area contributed by atoms with E-state index in [-0.39, 0.29) is 0 Å². The van der Waals surface area contributed by atoms with Gasteiger partial charge < -0.3 is 19.3 Å². The number of rotatable bonds is 9. The van der Waals surface area contributed by atoms with Crippen LogP contribution in [-0.4, -0.2) is 36.4 Å². The lowest BCUT2D eigenvalue weighted by molar-refractivity contribution is 0.276. The largest absolute Gasteiger partial charge is 0.490 e. The van der Waals surface area contributed by atoms with Gasteiger partial charge in [-0.25, -0.2) is 0 Å². The van der Waals surface area contributed by atoms with Crippen molar-refractivity contribution in [3.8, 4) is 11.5 Å². The van der Waals surface area contributed by atoms with E-state index in [1.807, 2.05) is 31.2 Å². The molecular weight excluding hydrogens is 270 g/mol. The third kappa shape index (κ3) is 5.07. The van der Waals surface area contributed by atoms with Crippen molar-refractivity contribution in [3.05, 3.63) is 36.0 Å². The summed E-state index contributed by atoms with van der Waals surface area (Å²) in [7, 11) is 0. The molecule has 2 aromatic rings. The second-order valence-corrected chi connectivity index (χ2v) is 4.46. The summed E-state index contributed by atoms with van der Waals surface area (Å²) < 4.78 is 16.1. The molecule has 0 unspecified atom stereocenters. The Hall–Kier alpha value is -2.08. The van der Waals surface area contributed by atoms with Crippen LogP contribution in [0.2, 0.25) is 0 Å². The highest BCUT2D eigenvalue weighted by atomic mass is 16.5. The summed E-state index contributed by atoms with van der Waals surface area (Å²) in [6, 6.07) is 7.69. The Balaban J connectivity index is 1.63. The molecule has 1 N–H and O–H groups in total. The van der Waals surface area contributed by atoms with E-state index in [1.54, 1.807) is 6.92 Å². The maximum absolute atomic E-state index is 5.71. The van der Waals surface area contributed by atoms with E-state index in [2.05, 4.69) is 15.5 Å². The zero-order chi connectivity index (χ0) is 14.9. The van der Waals surface area contributed by atoms with Gasteiger partial charge in [-0.1, -0.05) is 17.3 Å². The SMILES string of the molecule is CCOc1ccccc1OCCNCCc1noc(C)n1. The second kappa shape index (κ2) is 8.26. The van der Waals surface area contributed by atoms with Gasteiger partial charge in [-0.3, -0.25) is 0 Å². The van der Waals surface area contributed by atoms with Crippen molar-refractivity contribution < 1.29 is 14.0 Å². The topological polar surface area (TPSA) is 69.4 Å². The molecule has 0 aliphatic carbocycles. The molecule has 21 heavy (non-hydrogen) atoms. The maximum Gasteiger partial charge on any atom is 0.223 e. The molecule has 0 fully saturated rings. The smallest absolute Gasteiger partial charge is 0.223 e. The second-order valence-electron chi connectivity index (χ2n) is 4.46. The van der Waals surface area contributed by atoms with Crippen molar-refractivity contribution in [3.63, 3.8) is 0 Å². The average Bonchev–Trinajstić information content (AvgIpc) is 2.90. The van der Waals surface area contributed by atoms with Gasteiger partial charge in [0.15, 0.2) is 17.3 Å². The summed E-state index contributed by atoms with van der Waals surface area (Å²) in [5.74, 6) is 2.88. The van der Waals surface area contributed by atoms with Crippen LogP contribution in [0.3, 0.4) is 0 Å². The van der Waals surface area contributed by atoms with Crippen LogP contribution in [0.15, 0.2) is 28.8 Å². The van der Waals surface area contributed by atoms with Crippen LogP contribution in [0.25, 0.3) is 0 Å². The Morgan fingerprint density at radius 3 is 2.57 bits per heavy atom. The van der Waals surface area contributed by atoms with E-state index >= 15 is 0 Å². The normalized spacial score (nSPS) is 10.6. The summed E-state index contributed by atoms with van der Waals surface area (Å²) in [4.78, 5) is 4.14. The summed E-state index contributed by atoms with van der Waals surface area (Å²) >= 11 is 0. The first-order chi connectivity index (χ1) is 10.3. The van der Waals surface area contributed by atoms with Crippen molar-refractivity contribution in [2.24, 2.45) is 0 Å². The van der Waals surface area contributed by atoms with E-state index in [9.17, 15) is 0 Å². The Bertz CT molecular complexity index is 542. The third-order valence-electron chi connectivity index (χ3n) is 2.78. The lowest BCUT2D eigenvalue weighted by atomic mass is 10.3. The van der Waals surface area contributed by atoms with Crippen molar-refractivity contribution in [1.82, 2.24) is 15.5 Å². The Labute approximate surface area is 124 Å². The molecule has 0 aliphatic heterocycles. The van der Waals surface area contributed by atoms with Gasteiger partial charge in [0.2, 0.25) is 5.89 Å². The number of nitrogens with one attached hydrogen (secondary N) is 1. The van der Waals surface area contributed by atoms with Gasteiger partial charge >= 0.3 is 0 Å². The first-order valence-electron chi connectivity index (χ1n) is 7.14. The van der Waals surface area contributed by atoms with Crippen molar-refractivity contribution in [2.45, 2.75) is 20.3 Å². The Morgan fingerprint density at radius 1 is 1.14 bits per heavy atom. The van der Waals surface area contributed by atoms with Crippen LogP contribution in [0.1, 0.15) is 18.6 Å². The van der Waals surface area contributed by atoms with E-state index < -0.39 is 0 Å². The Morgan fingerprint density at radius 2 is 1.90 bits per heavy atom. The minimum atomic E-state index is 0.579. The zero-order valence-corrected chi connectivity index (χ0v) is 12.5. The van der Waals surface area contributed by atoms with Crippen LogP contribution >= 0.6 is 0 Å². The molecule has 0 amide bonds. The minimum absolute atomic E-state index is 0.579. The van der Waals surface area contributed by atoms with Crippen LogP contribution in [0.4, 0.5) is 0 Å². The predicted molar refractivity (Wildman–Crippen MR) is 78.7 cm³/mol.